The van der Waals surface area contributed by atoms with Crippen molar-refractivity contribution in [3.05, 3.63) is 0 Å². The average molecular weight is 938 g/mol. The van der Waals surface area contributed by atoms with E-state index in [-0.39, 0.29) is 44.9 Å². The molecule has 390 valence electrons. The summed E-state index contributed by atoms with van der Waals surface area (Å²) < 4.78 is 22.6. The molecule has 0 aliphatic carbocycles. The average Bonchev–Trinajstić information content (AvgIpc) is 3.31. The molecule has 0 unspecified atom stereocenters. The number of hydrogen-bond acceptors (Lipinski definition) is 10. The molecule has 0 heterocycles. The minimum absolute atomic E-state index is 0.0146. The lowest BCUT2D eigenvalue weighted by molar-refractivity contribution is -0.177. The van der Waals surface area contributed by atoms with Crippen LogP contribution in [-0.4, -0.2) is 86.0 Å². The van der Waals surface area contributed by atoms with Gasteiger partial charge in [0.25, 0.3) is 0 Å². The van der Waals surface area contributed by atoms with Crippen LogP contribution in [-0.2, 0) is 38.1 Å². The van der Waals surface area contributed by atoms with Crippen molar-refractivity contribution in [3.63, 3.8) is 0 Å². The van der Waals surface area contributed by atoms with Crippen LogP contribution in [0.1, 0.15) is 279 Å². The highest BCUT2D eigenvalue weighted by atomic mass is 16.6. The Morgan fingerprint density at radius 2 is 0.773 bits per heavy atom. The van der Waals surface area contributed by atoms with Crippen LogP contribution in [0.3, 0.4) is 0 Å². The summed E-state index contributed by atoms with van der Waals surface area (Å²) in [6.07, 6.45) is 40.5. The topological polar surface area (TPSA) is 129 Å². The van der Waals surface area contributed by atoms with E-state index < -0.39 is 23.3 Å². The predicted molar refractivity (Wildman–Crippen MR) is 273 cm³/mol. The normalized spacial score (nSPS) is 11.7. The van der Waals surface area contributed by atoms with E-state index in [9.17, 15) is 24.3 Å². The van der Waals surface area contributed by atoms with E-state index in [2.05, 4.69) is 32.6 Å². The Hall–Kier alpha value is -2.20. The second kappa shape index (κ2) is 47.8. The summed E-state index contributed by atoms with van der Waals surface area (Å²) in [7, 11) is 0. The van der Waals surface area contributed by atoms with Crippen molar-refractivity contribution in [1.29, 1.82) is 0 Å². The van der Waals surface area contributed by atoms with Gasteiger partial charge in [-0.1, -0.05) is 195 Å². The lowest BCUT2D eigenvalue weighted by Gasteiger charge is -2.25. The molecule has 0 atom stereocenters. The van der Waals surface area contributed by atoms with E-state index in [1.54, 1.807) is 0 Å². The van der Waals surface area contributed by atoms with Gasteiger partial charge in [0.2, 0.25) is 0 Å². The van der Waals surface area contributed by atoms with Crippen molar-refractivity contribution in [3.8, 4) is 0 Å². The maximum Gasteiger partial charge on any atom is 0.326 e. The molecular formula is C56H107NO9. The predicted octanol–water partition coefficient (Wildman–Crippen LogP) is 14.7. The largest absolute Gasteiger partial charge is 0.465 e. The second-order valence-corrected chi connectivity index (χ2v) is 19.6. The van der Waals surface area contributed by atoms with Crippen molar-refractivity contribution in [2.45, 2.75) is 285 Å². The molecule has 0 saturated heterocycles. The SMILES string of the molecule is CCCCCCCCOC(=O)C(C)(COC(=O)CCCCCCCN(CCO)CCCCCCCC(=O)OC(CCCCCCCC)CCCCCCCC)C(=O)OCCCCCCCC. The molecule has 0 aromatic rings. The van der Waals surface area contributed by atoms with E-state index in [1.807, 2.05) is 0 Å². The molecule has 0 bridgehead atoms. The summed E-state index contributed by atoms with van der Waals surface area (Å²) in [4.78, 5) is 54.3. The van der Waals surface area contributed by atoms with Gasteiger partial charge < -0.3 is 29.0 Å². The number of esters is 4. The maximum atomic E-state index is 13.2. The third-order valence-electron chi connectivity index (χ3n) is 13.1. The van der Waals surface area contributed by atoms with Crippen LogP contribution in [0.2, 0.25) is 0 Å². The van der Waals surface area contributed by atoms with Crippen LogP contribution in [0.15, 0.2) is 0 Å². The van der Waals surface area contributed by atoms with Crippen molar-refractivity contribution in [1.82, 2.24) is 4.90 Å². The molecule has 0 aliphatic rings. The Labute approximate surface area is 406 Å². The van der Waals surface area contributed by atoms with Crippen LogP contribution in [0.4, 0.5) is 0 Å². The van der Waals surface area contributed by atoms with Crippen molar-refractivity contribution in [2.75, 3.05) is 46.1 Å². The molecule has 0 rings (SSSR count). The number of unbranched alkanes of at least 4 members (excludes halogenated alkanes) is 28. The van der Waals surface area contributed by atoms with Gasteiger partial charge in [-0.15, -0.1) is 0 Å². The third kappa shape index (κ3) is 38.7. The highest BCUT2D eigenvalue weighted by Gasteiger charge is 2.46. The van der Waals surface area contributed by atoms with Gasteiger partial charge in [0.15, 0.2) is 5.41 Å². The van der Waals surface area contributed by atoms with Gasteiger partial charge in [-0.2, -0.15) is 0 Å². The number of carbonyl (C=O) groups excluding carboxylic acids is 4. The third-order valence-corrected chi connectivity index (χ3v) is 13.1. The molecule has 66 heavy (non-hydrogen) atoms. The van der Waals surface area contributed by atoms with Gasteiger partial charge in [-0.25, -0.2) is 0 Å². The van der Waals surface area contributed by atoms with E-state index >= 15 is 0 Å². The Balaban J connectivity index is 4.48. The van der Waals surface area contributed by atoms with Crippen LogP contribution >= 0.6 is 0 Å². The lowest BCUT2D eigenvalue weighted by atomic mass is 9.92. The van der Waals surface area contributed by atoms with E-state index in [0.29, 0.717) is 19.4 Å². The Morgan fingerprint density at radius 1 is 0.424 bits per heavy atom. The molecule has 0 aromatic heterocycles. The number of aliphatic hydroxyl groups excluding tert-OH is 1. The summed E-state index contributed by atoms with van der Waals surface area (Å²) in [6, 6.07) is 0. The van der Waals surface area contributed by atoms with Gasteiger partial charge in [0.1, 0.15) is 12.7 Å². The van der Waals surface area contributed by atoms with Gasteiger partial charge in [0.05, 0.1) is 19.8 Å². The molecule has 0 saturated carbocycles. The highest BCUT2D eigenvalue weighted by Crippen LogP contribution is 2.24. The summed E-state index contributed by atoms with van der Waals surface area (Å²) in [5.41, 5.74) is -1.70. The second-order valence-electron chi connectivity index (χ2n) is 19.6. The molecule has 0 aliphatic heterocycles. The van der Waals surface area contributed by atoms with E-state index in [1.165, 1.54) is 96.8 Å². The smallest absolute Gasteiger partial charge is 0.326 e. The van der Waals surface area contributed by atoms with E-state index in [4.69, 9.17) is 18.9 Å². The Morgan fingerprint density at radius 3 is 1.18 bits per heavy atom. The number of carbonyl (C=O) groups is 4. The van der Waals surface area contributed by atoms with Crippen LogP contribution in [0.25, 0.3) is 0 Å². The van der Waals surface area contributed by atoms with Crippen LogP contribution in [0, 0.1) is 5.41 Å². The number of ether oxygens (including phenoxy) is 4. The fourth-order valence-corrected chi connectivity index (χ4v) is 8.47. The molecular weight excluding hydrogens is 831 g/mol. The zero-order chi connectivity index (χ0) is 48.6. The standard InChI is InChI=1S/C56H107NO9/c1-6-10-14-18-24-32-40-51(41-33-25-19-15-11-7-2)66-53(60)43-35-27-23-29-37-45-57(46-47-58)44-36-28-22-26-34-42-52(59)65-50-56(5,54(61)63-48-38-30-20-16-12-8-3)55(62)64-49-39-31-21-17-13-9-4/h51,58H,6-50H2,1-5H3. The van der Waals surface area contributed by atoms with Crippen molar-refractivity contribution < 1.29 is 43.2 Å². The molecule has 10 heteroatoms. The van der Waals surface area contributed by atoms with Gasteiger partial charge in [0, 0.05) is 19.4 Å². The Bertz CT molecular complexity index is 1070. The first-order chi connectivity index (χ1) is 32.2. The molecule has 0 aromatic carbocycles. The highest BCUT2D eigenvalue weighted by molar-refractivity contribution is 6.00. The minimum Gasteiger partial charge on any atom is -0.465 e. The molecule has 10 nitrogen and oxygen atoms in total. The lowest BCUT2D eigenvalue weighted by Crippen LogP contribution is -2.44. The van der Waals surface area contributed by atoms with Gasteiger partial charge >= 0.3 is 23.9 Å². The van der Waals surface area contributed by atoms with Gasteiger partial charge in [-0.05, 0) is 84.2 Å². The van der Waals surface area contributed by atoms with E-state index in [0.717, 1.165) is 148 Å². The zero-order valence-corrected chi connectivity index (χ0v) is 44.1. The molecule has 0 fully saturated rings. The first-order valence-electron chi connectivity index (χ1n) is 28.2. The number of nitrogens with zero attached hydrogens (tertiary/aromatic N) is 1. The Kier molecular flexibility index (Phi) is 46.3. The van der Waals surface area contributed by atoms with Crippen molar-refractivity contribution in [2.24, 2.45) is 5.41 Å². The van der Waals surface area contributed by atoms with Crippen molar-refractivity contribution >= 4 is 23.9 Å². The fourth-order valence-electron chi connectivity index (χ4n) is 8.47. The monoisotopic (exact) mass is 938 g/mol. The first kappa shape index (κ1) is 63.8. The summed E-state index contributed by atoms with van der Waals surface area (Å²) in [6.45, 7) is 13.1. The quantitative estimate of drug-likeness (QED) is 0.0272. The maximum absolute atomic E-state index is 13.2. The van der Waals surface area contributed by atoms with Crippen LogP contribution < -0.4 is 0 Å². The summed E-state index contributed by atoms with van der Waals surface area (Å²) in [5, 5.41) is 9.67. The van der Waals surface area contributed by atoms with Gasteiger partial charge in [-0.3, -0.25) is 19.2 Å². The first-order valence-corrected chi connectivity index (χ1v) is 28.2. The molecule has 0 amide bonds. The summed E-state index contributed by atoms with van der Waals surface area (Å²) >= 11 is 0. The molecule has 0 radical (unpaired) electrons. The number of rotatable bonds is 51. The fraction of sp³-hybridized carbons (Fsp3) is 0.929. The molecule has 0 spiro atoms. The number of aliphatic hydroxyl groups is 1. The van der Waals surface area contributed by atoms with Crippen LogP contribution in [0.5, 0.6) is 0 Å². The minimum atomic E-state index is -1.70. The number of hydrogen-bond donors (Lipinski definition) is 1. The molecule has 1 N–H and O–H groups in total. The zero-order valence-electron chi connectivity index (χ0n) is 44.1. The summed E-state index contributed by atoms with van der Waals surface area (Å²) in [5.74, 6) is -1.82.